The van der Waals surface area contributed by atoms with Crippen LogP contribution in [0.15, 0.2) is 218 Å². The zero-order valence-electron chi connectivity index (χ0n) is 70.6. The molecule has 0 aliphatic heterocycles. The number of hydrogen-bond donors (Lipinski definition) is 2. The van der Waals surface area contributed by atoms with Crippen molar-refractivity contribution in [2.45, 2.75) is 178 Å². The van der Waals surface area contributed by atoms with E-state index >= 15 is 0 Å². The molecule has 118 heavy (non-hydrogen) atoms. The molecule has 0 aromatic heterocycles. The maximum atomic E-state index is 14.7. The SMILES string of the molecule is CCCCNc1ccc(C(=O)N(CCCC)c2ccc(C(=O)N(CCCC)c3ccc(C(=O)N(CCCC)c4ccc(C(=O)N(CCCC)c5ccc(C(=O)N(CCCC)c6ccc(C(=O)N(CCCC)c7ccc(C(=O)N(CCCC)c8ccc(C(=O)N(CCCC)c9ccc(C(=O)O)cc9)cc8)cc7)cc6)cc5)cc4)cc3)cc2)cc1. The van der Waals surface area contributed by atoms with Crippen molar-refractivity contribution in [2.24, 2.45) is 0 Å². The fourth-order valence-electron chi connectivity index (χ4n) is 14.0. The van der Waals surface area contributed by atoms with Crippen LogP contribution in [0, 0.1) is 0 Å². The standard InChI is InChI=1S/C99H119N9O10/c1-10-19-64-100-82-46-28-73(29-47-82)91(109)101(65-20-11-2)83-48-30-74(31-49-83)92(110)102(66-21-12-3)84-50-32-75(33-51-84)93(111)103(67-22-13-4)85-52-34-76(35-53-85)94(112)104(68-23-14-5)86-54-36-77(37-55-86)95(113)105(69-24-15-6)87-56-38-78(39-57-87)96(114)106(70-25-16-7)88-58-40-79(41-59-88)97(115)107(71-26-17-8)89-60-42-80(43-61-89)98(116)108(72-27-18-9)90-62-44-81(45-63-90)99(117)118/h28-63,100H,10-27,64-72H2,1-9H3,(H,117,118). The summed E-state index contributed by atoms with van der Waals surface area (Å²) < 4.78 is 0. The van der Waals surface area contributed by atoms with Gasteiger partial charge in [0.15, 0.2) is 0 Å². The summed E-state index contributed by atoms with van der Waals surface area (Å²) in [6.45, 7) is 23.2. The van der Waals surface area contributed by atoms with Crippen molar-refractivity contribution in [1.82, 2.24) is 0 Å². The molecule has 0 fully saturated rings. The Morgan fingerprint density at radius 3 is 0.475 bits per heavy atom. The number of hydrogen-bond acceptors (Lipinski definition) is 10. The largest absolute Gasteiger partial charge is 0.478 e. The minimum atomic E-state index is -1.05. The van der Waals surface area contributed by atoms with Gasteiger partial charge in [-0.25, -0.2) is 4.79 Å². The molecule has 620 valence electrons. The number of aromatic carboxylic acids is 1. The van der Waals surface area contributed by atoms with E-state index in [0.29, 0.717) is 142 Å². The van der Waals surface area contributed by atoms with Gasteiger partial charge in [0.25, 0.3) is 47.3 Å². The summed E-state index contributed by atoms with van der Waals surface area (Å²) in [6.07, 6.45) is 14.9. The number of carboxylic acid groups (broad SMARTS) is 1. The number of carboxylic acids is 1. The molecule has 9 rings (SSSR count). The van der Waals surface area contributed by atoms with Gasteiger partial charge in [-0.2, -0.15) is 0 Å². The van der Waals surface area contributed by atoms with Crippen molar-refractivity contribution in [2.75, 3.05) is 103 Å². The smallest absolute Gasteiger partial charge is 0.335 e. The third-order valence-corrected chi connectivity index (χ3v) is 21.2. The summed E-state index contributed by atoms with van der Waals surface area (Å²) in [7, 11) is 0. The molecule has 19 nitrogen and oxygen atoms in total. The van der Waals surface area contributed by atoms with Gasteiger partial charge in [-0.05, 0) is 276 Å². The number of anilines is 9. The Hall–Kier alpha value is -12.0. The summed E-state index contributed by atoms with van der Waals surface area (Å²) >= 11 is 0. The average molecular weight is 1600 g/mol. The van der Waals surface area contributed by atoms with Crippen molar-refractivity contribution in [3.63, 3.8) is 0 Å². The van der Waals surface area contributed by atoms with Crippen molar-refractivity contribution in [3.8, 4) is 0 Å². The van der Waals surface area contributed by atoms with Gasteiger partial charge < -0.3 is 49.6 Å². The first-order valence-electron chi connectivity index (χ1n) is 42.8. The number of rotatable bonds is 45. The molecule has 0 saturated heterocycles. The van der Waals surface area contributed by atoms with Crippen molar-refractivity contribution in [1.29, 1.82) is 0 Å². The Morgan fingerprint density at radius 1 is 0.203 bits per heavy atom. The van der Waals surface area contributed by atoms with Gasteiger partial charge in [0.05, 0.1) is 5.56 Å². The van der Waals surface area contributed by atoms with Crippen LogP contribution in [0.5, 0.6) is 0 Å². The summed E-state index contributed by atoms with van der Waals surface area (Å²) in [5.74, 6) is -2.71. The summed E-state index contributed by atoms with van der Waals surface area (Å²) in [5.41, 5.74) is 9.87. The third kappa shape index (κ3) is 23.9. The predicted octanol–water partition coefficient (Wildman–Crippen LogP) is 22.2. The molecule has 9 aromatic rings. The minimum absolute atomic E-state index is 0.101. The second-order valence-corrected chi connectivity index (χ2v) is 30.0. The molecule has 0 unspecified atom stereocenters. The zero-order valence-corrected chi connectivity index (χ0v) is 70.6. The predicted molar refractivity (Wildman–Crippen MR) is 481 cm³/mol. The molecule has 0 radical (unpaired) electrons. The van der Waals surface area contributed by atoms with Gasteiger partial charge in [-0.3, -0.25) is 38.4 Å². The summed E-state index contributed by atoms with van der Waals surface area (Å²) in [6, 6.07) is 63.7. The van der Waals surface area contributed by atoms with E-state index in [1.54, 1.807) is 185 Å². The first-order valence-corrected chi connectivity index (χ1v) is 42.8. The molecular formula is C99H119N9O10. The van der Waals surface area contributed by atoms with Gasteiger partial charge in [-0.15, -0.1) is 0 Å². The Morgan fingerprint density at radius 2 is 0.339 bits per heavy atom. The van der Waals surface area contributed by atoms with Crippen LogP contribution in [-0.2, 0) is 0 Å². The fraction of sp³-hybridized carbons (Fsp3) is 0.364. The van der Waals surface area contributed by atoms with Gasteiger partial charge in [0, 0.05) is 155 Å². The Labute approximate surface area is 698 Å². The number of nitrogens with one attached hydrogen (secondary N) is 1. The van der Waals surface area contributed by atoms with Gasteiger partial charge in [-0.1, -0.05) is 120 Å². The summed E-state index contributed by atoms with van der Waals surface area (Å²) in [5, 5.41) is 12.9. The highest BCUT2D eigenvalue weighted by atomic mass is 16.4. The first-order chi connectivity index (χ1) is 57.3. The van der Waals surface area contributed by atoms with E-state index in [9.17, 15) is 48.3 Å². The molecule has 0 bridgehead atoms. The molecule has 8 amide bonds. The van der Waals surface area contributed by atoms with Crippen LogP contribution in [0.2, 0.25) is 0 Å². The number of amides is 8. The van der Waals surface area contributed by atoms with Crippen LogP contribution in [0.1, 0.15) is 271 Å². The van der Waals surface area contributed by atoms with Crippen LogP contribution in [0.4, 0.5) is 51.2 Å². The van der Waals surface area contributed by atoms with E-state index in [0.717, 1.165) is 128 Å². The molecular weight excluding hydrogens is 1480 g/mol. The number of unbranched alkanes of at least 4 members (excludes halogenated alkanes) is 9. The average Bonchev–Trinajstić information content (AvgIpc) is 0.813. The second kappa shape index (κ2) is 46.1. The van der Waals surface area contributed by atoms with Crippen LogP contribution < -0.4 is 44.5 Å². The normalized spacial score (nSPS) is 11.0. The Bertz CT molecular complexity index is 4710. The summed E-state index contributed by atoms with van der Waals surface area (Å²) in [4.78, 5) is 141. The maximum Gasteiger partial charge on any atom is 0.335 e. The molecule has 0 heterocycles. The van der Waals surface area contributed by atoms with Crippen LogP contribution in [0.3, 0.4) is 0 Å². The molecule has 0 saturated carbocycles. The topological polar surface area (TPSA) is 212 Å². The van der Waals surface area contributed by atoms with Crippen molar-refractivity contribution in [3.05, 3.63) is 268 Å². The zero-order chi connectivity index (χ0) is 84.5. The number of benzene rings is 9. The van der Waals surface area contributed by atoms with E-state index in [-0.39, 0.29) is 52.8 Å². The third-order valence-electron chi connectivity index (χ3n) is 21.2. The number of nitrogens with zero attached hydrogens (tertiary/aromatic N) is 8. The lowest BCUT2D eigenvalue weighted by molar-refractivity contribution is 0.0695. The molecule has 9 aromatic carbocycles. The molecule has 0 atom stereocenters. The minimum Gasteiger partial charge on any atom is -0.478 e. The Balaban J connectivity index is 0.854. The van der Waals surface area contributed by atoms with E-state index in [2.05, 4.69) is 60.7 Å². The van der Waals surface area contributed by atoms with Gasteiger partial charge in [0.1, 0.15) is 0 Å². The van der Waals surface area contributed by atoms with Crippen molar-refractivity contribution < 1.29 is 48.3 Å². The van der Waals surface area contributed by atoms with Crippen LogP contribution in [0.25, 0.3) is 0 Å². The van der Waals surface area contributed by atoms with E-state index < -0.39 is 5.97 Å². The molecule has 0 aliphatic carbocycles. The van der Waals surface area contributed by atoms with Crippen LogP contribution in [-0.4, -0.2) is 117 Å². The molecule has 19 heteroatoms. The lowest BCUT2D eigenvalue weighted by atomic mass is 10.1. The van der Waals surface area contributed by atoms with E-state index in [4.69, 9.17) is 0 Å². The van der Waals surface area contributed by atoms with E-state index in [1.165, 1.54) is 12.1 Å². The second-order valence-electron chi connectivity index (χ2n) is 30.0. The fourth-order valence-corrected chi connectivity index (χ4v) is 14.0. The van der Waals surface area contributed by atoms with Gasteiger partial charge >= 0.3 is 5.97 Å². The van der Waals surface area contributed by atoms with E-state index in [1.807, 2.05) is 67.6 Å². The lowest BCUT2D eigenvalue weighted by Crippen LogP contribution is -2.34. The first kappa shape index (κ1) is 89.9. The quantitative estimate of drug-likeness (QED) is 0.0343. The monoisotopic (exact) mass is 1590 g/mol. The lowest BCUT2D eigenvalue weighted by Gasteiger charge is -2.26. The maximum absolute atomic E-state index is 14.7. The highest BCUT2D eigenvalue weighted by molar-refractivity contribution is 6.13. The highest BCUT2D eigenvalue weighted by Crippen LogP contribution is 2.32. The Kier molecular flexibility index (Phi) is 35.1. The molecule has 0 aliphatic rings. The molecule has 2 N–H and O–H groups in total. The molecule has 0 spiro atoms. The number of carbonyl (C=O) groups is 9. The van der Waals surface area contributed by atoms with Gasteiger partial charge in [0.2, 0.25) is 0 Å². The number of carbonyl (C=O) groups excluding carboxylic acids is 8. The highest BCUT2D eigenvalue weighted by Gasteiger charge is 2.29. The van der Waals surface area contributed by atoms with Crippen molar-refractivity contribution >= 4 is 104 Å². The van der Waals surface area contributed by atoms with Crippen LogP contribution >= 0.6 is 0 Å².